The Balaban J connectivity index is 2.05. The molecule has 0 amide bonds. The van der Waals surface area contributed by atoms with E-state index in [0.717, 1.165) is 17.7 Å². The molecule has 6 nitrogen and oxygen atoms in total. The Hall–Kier alpha value is -4.37. The van der Waals surface area contributed by atoms with Crippen LogP contribution >= 0.6 is 0 Å². The highest BCUT2D eigenvalue weighted by Crippen LogP contribution is 2.33. The van der Waals surface area contributed by atoms with Crippen LogP contribution in [0.15, 0.2) is 46.4 Å². The molecule has 5 aromatic rings. The first kappa shape index (κ1) is 18.6. The predicted molar refractivity (Wildman–Crippen MR) is 107 cm³/mol. The molecule has 0 aliphatic heterocycles. The molecule has 4 aromatic carbocycles. The maximum atomic E-state index is 13.2. The molecule has 0 spiro atoms. The molecule has 31 heavy (non-hydrogen) atoms. The Bertz CT molecular complexity index is 1760. The van der Waals surface area contributed by atoms with Crippen molar-refractivity contribution in [2.24, 2.45) is 9.98 Å². The Kier molecular flexibility index (Phi) is 3.80. The maximum absolute atomic E-state index is 13.2. The van der Waals surface area contributed by atoms with Crippen molar-refractivity contribution in [1.82, 2.24) is 9.97 Å². The summed E-state index contributed by atoms with van der Waals surface area (Å²) in [6.07, 6.45) is -1.12. The Labute approximate surface area is 171 Å². The molecule has 0 aliphatic rings. The van der Waals surface area contributed by atoms with Crippen LogP contribution in [0.1, 0.15) is 11.1 Å². The van der Waals surface area contributed by atoms with E-state index in [4.69, 9.17) is 10.5 Å². The first-order chi connectivity index (χ1) is 14.8. The van der Waals surface area contributed by atoms with Gasteiger partial charge in [-0.3, -0.25) is 0 Å². The number of rotatable bonds is 0. The Morgan fingerprint density at radius 1 is 0.742 bits per heavy atom. The maximum Gasteiger partial charge on any atom is 0.416 e. The molecule has 0 atom stereocenters. The first-order valence-corrected chi connectivity index (χ1v) is 9.03. The topological polar surface area (TPSA) is 98.1 Å². The zero-order chi connectivity index (χ0) is 21.9. The zero-order valence-electron chi connectivity index (χ0n) is 15.8. The van der Waals surface area contributed by atoms with Crippen molar-refractivity contribution >= 4 is 43.6 Å². The summed E-state index contributed by atoms with van der Waals surface area (Å²) in [5.41, 5.74) is 1.43. The molecule has 0 radical (unpaired) electrons. The molecule has 5 rings (SSSR count). The fraction of sp³-hybridized carbons (Fsp3) is 0.0909. The predicted octanol–water partition coefficient (Wildman–Crippen LogP) is 4.06. The molecule has 0 fully saturated rings. The minimum atomic E-state index is -4.55. The summed E-state index contributed by atoms with van der Waals surface area (Å²) in [4.78, 5) is 16.9. The van der Waals surface area contributed by atoms with Gasteiger partial charge in [-0.05, 0) is 25.1 Å². The number of nitrogens with zero attached hydrogens (tertiary/aromatic N) is 6. The highest BCUT2D eigenvalue weighted by atomic mass is 19.4. The van der Waals surface area contributed by atoms with Gasteiger partial charge in [0.1, 0.15) is 21.7 Å². The van der Waals surface area contributed by atoms with E-state index in [1.165, 1.54) is 6.07 Å². The average molecular weight is 414 g/mol. The van der Waals surface area contributed by atoms with E-state index in [-0.39, 0.29) is 16.3 Å². The van der Waals surface area contributed by atoms with Crippen molar-refractivity contribution in [2.45, 2.75) is 13.1 Å². The van der Waals surface area contributed by atoms with Crippen molar-refractivity contribution in [3.05, 3.63) is 58.2 Å². The number of benzene rings is 2. The molecular formula is C22H9F3N6. The van der Waals surface area contributed by atoms with Crippen LogP contribution in [-0.4, -0.2) is 9.97 Å². The van der Waals surface area contributed by atoms with Crippen molar-refractivity contribution in [1.29, 1.82) is 10.5 Å². The lowest BCUT2D eigenvalue weighted by Gasteiger charge is -2.05. The molecule has 0 saturated carbocycles. The highest BCUT2D eigenvalue weighted by Gasteiger charge is 2.31. The normalized spacial score (nSPS) is 13.5. The van der Waals surface area contributed by atoms with Crippen LogP contribution in [0.2, 0.25) is 0 Å². The van der Waals surface area contributed by atoms with E-state index in [2.05, 4.69) is 20.0 Å². The number of hydrogen-bond acceptors (Lipinski definition) is 6. The van der Waals surface area contributed by atoms with Crippen LogP contribution in [0, 0.1) is 29.8 Å². The number of fused-ring (bicyclic) bond motifs is 6. The summed E-state index contributed by atoms with van der Waals surface area (Å²) in [5, 5.41) is 20.6. The molecular weight excluding hydrogens is 405 g/mol. The van der Waals surface area contributed by atoms with Crippen molar-refractivity contribution in [3.8, 4) is 12.4 Å². The minimum absolute atomic E-state index is 0.0354. The third kappa shape index (κ3) is 2.64. The van der Waals surface area contributed by atoms with Crippen LogP contribution in [0.25, 0.3) is 43.6 Å². The summed E-state index contributed by atoms with van der Waals surface area (Å²) in [6, 6.07) is 8.77. The first-order valence-electron chi connectivity index (χ1n) is 9.03. The third-order valence-electron chi connectivity index (χ3n) is 5.21. The second-order valence-electron chi connectivity index (χ2n) is 7.05. The van der Waals surface area contributed by atoms with Gasteiger partial charge in [-0.2, -0.15) is 33.7 Å². The van der Waals surface area contributed by atoms with Crippen LogP contribution < -0.4 is 10.7 Å². The van der Waals surface area contributed by atoms with Gasteiger partial charge in [-0.25, -0.2) is 9.97 Å². The zero-order valence-corrected chi connectivity index (χ0v) is 15.8. The molecule has 9 heteroatoms. The number of aromatic nitrogens is 2. The highest BCUT2D eigenvalue weighted by molar-refractivity contribution is 6.14. The molecule has 0 unspecified atom stereocenters. The van der Waals surface area contributed by atoms with Gasteiger partial charge in [0.15, 0.2) is 0 Å². The van der Waals surface area contributed by atoms with Crippen LogP contribution in [0.3, 0.4) is 0 Å². The summed E-state index contributed by atoms with van der Waals surface area (Å²) in [6.45, 7) is 1.90. The SMILES string of the molecule is Cc1ccc2c(c1)/c(=N\C#N)c1nc3c(nc12)/c(=N/C#N)c1cc(C(F)(F)F)ccc13. The molecule has 0 saturated heterocycles. The number of halogens is 3. The number of alkyl halides is 3. The Morgan fingerprint density at radius 3 is 1.77 bits per heavy atom. The third-order valence-corrected chi connectivity index (χ3v) is 5.21. The lowest BCUT2D eigenvalue weighted by Crippen LogP contribution is -2.06. The molecule has 0 N–H and O–H groups in total. The summed E-state index contributed by atoms with van der Waals surface area (Å²) >= 11 is 0. The van der Waals surface area contributed by atoms with Gasteiger partial charge in [0, 0.05) is 21.5 Å². The smallest absolute Gasteiger partial charge is 0.241 e. The lowest BCUT2D eigenvalue weighted by atomic mass is 10.1. The largest absolute Gasteiger partial charge is 0.416 e. The fourth-order valence-corrected chi connectivity index (χ4v) is 3.91. The molecule has 1 aromatic heterocycles. The molecule has 0 aliphatic carbocycles. The van der Waals surface area contributed by atoms with Crippen molar-refractivity contribution in [3.63, 3.8) is 0 Å². The van der Waals surface area contributed by atoms with E-state index >= 15 is 0 Å². The van der Waals surface area contributed by atoms with Gasteiger partial charge in [0.25, 0.3) is 0 Å². The second-order valence-corrected chi connectivity index (χ2v) is 7.05. The molecule has 0 bridgehead atoms. The van der Waals surface area contributed by atoms with E-state index in [1.54, 1.807) is 12.4 Å². The van der Waals surface area contributed by atoms with E-state index in [1.807, 2.05) is 25.1 Å². The number of nitriles is 2. The number of hydrogen-bond donors (Lipinski definition) is 0. The van der Waals surface area contributed by atoms with Gasteiger partial charge in [-0.1, -0.05) is 23.8 Å². The second kappa shape index (κ2) is 6.31. The lowest BCUT2D eigenvalue weighted by molar-refractivity contribution is -0.137. The average Bonchev–Trinajstić information content (AvgIpc) is 3.19. The van der Waals surface area contributed by atoms with Crippen molar-refractivity contribution < 1.29 is 13.2 Å². The van der Waals surface area contributed by atoms with Gasteiger partial charge in [0.05, 0.1) is 16.6 Å². The van der Waals surface area contributed by atoms with Gasteiger partial charge >= 0.3 is 6.18 Å². The van der Waals surface area contributed by atoms with Crippen LogP contribution in [0.4, 0.5) is 13.2 Å². The Morgan fingerprint density at radius 2 is 1.26 bits per heavy atom. The van der Waals surface area contributed by atoms with Crippen molar-refractivity contribution in [2.75, 3.05) is 0 Å². The van der Waals surface area contributed by atoms with Crippen LogP contribution in [-0.2, 0) is 6.18 Å². The van der Waals surface area contributed by atoms with Gasteiger partial charge < -0.3 is 0 Å². The molecule has 148 valence electrons. The monoisotopic (exact) mass is 414 g/mol. The summed E-state index contributed by atoms with van der Waals surface area (Å²) in [5.74, 6) is 0. The van der Waals surface area contributed by atoms with E-state index in [9.17, 15) is 13.2 Å². The summed E-state index contributed by atoms with van der Waals surface area (Å²) in [7, 11) is 0. The standard InChI is InChI=1S/C22H9F3N6/c1-10-2-4-12-14(6-10)16(28-8-26)20-18(12)30-21-17(29-9-27)15-7-11(22(23,24)25)3-5-13(15)19(21)31-20/h2-7H,1H3/b28-16+,29-17+. The number of aryl methyl sites for hydroxylation is 1. The minimum Gasteiger partial charge on any atom is -0.241 e. The van der Waals surface area contributed by atoms with Crippen LogP contribution in [0.5, 0.6) is 0 Å². The fourth-order valence-electron chi connectivity index (χ4n) is 3.91. The van der Waals surface area contributed by atoms with E-state index < -0.39 is 11.7 Å². The molecule has 1 heterocycles. The van der Waals surface area contributed by atoms with E-state index in [0.29, 0.717) is 38.1 Å². The van der Waals surface area contributed by atoms with Gasteiger partial charge in [-0.15, -0.1) is 0 Å². The quantitative estimate of drug-likeness (QED) is 0.357. The summed E-state index contributed by atoms with van der Waals surface area (Å²) < 4.78 is 39.7. The van der Waals surface area contributed by atoms with Gasteiger partial charge in [0.2, 0.25) is 12.4 Å².